The lowest BCUT2D eigenvalue weighted by atomic mass is 9.82. The van der Waals surface area contributed by atoms with Gasteiger partial charge in [-0.05, 0) is 37.5 Å². The number of hydrogen-bond donors (Lipinski definition) is 2. The lowest BCUT2D eigenvalue weighted by Gasteiger charge is -2.44. The molecule has 2 aliphatic rings. The summed E-state index contributed by atoms with van der Waals surface area (Å²) in [6, 6.07) is 0. The Bertz CT molecular complexity index is 441. The summed E-state index contributed by atoms with van der Waals surface area (Å²) in [5.74, 6) is -5.53. The molecule has 25 heavy (non-hydrogen) atoms. The van der Waals surface area contributed by atoms with Crippen molar-refractivity contribution in [3.05, 3.63) is 12.2 Å². The van der Waals surface area contributed by atoms with E-state index in [0.29, 0.717) is 25.7 Å². The van der Waals surface area contributed by atoms with Crippen LogP contribution >= 0.6 is 0 Å². The van der Waals surface area contributed by atoms with Crippen molar-refractivity contribution in [1.82, 2.24) is 0 Å². The number of halogens is 2. The summed E-state index contributed by atoms with van der Waals surface area (Å²) in [4.78, 5) is 0. The smallest absolute Gasteiger partial charge is 0.300 e. The van der Waals surface area contributed by atoms with Gasteiger partial charge in [-0.25, -0.2) is 8.78 Å². The van der Waals surface area contributed by atoms with Crippen molar-refractivity contribution in [2.75, 3.05) is 0 Å². The second-order valence-electron chi connectivity index (χ2n) is 7.77. The first-order valence-electron chi connectivity index (χ1n) is 9.95. The van der Waals surface area contributed by atoms with Crippen LogP contribution in [-0.4, -0.2) is 34.1 Å². The molecule has 0 amide bonds. The number of rotatable bonds is 9. The Morgan fingerprint density at radius 3 is 2.60 bits per heavy atom. The third-order valence-corrected chi connectivity index (χ3v) is 5.87. The SMILES string of the molecule is CCCC/C=C\C[C@@H]1C2CCC(O)(C(F)(F)CCCC)O[C@@H]2C[C@@H]1O. The molecule has 2 rings (SSSR count). The van der Waals surface area contributed by atoms with Crippen LogP contribution in [0.25, 0.3) is 0 Å². The van der Waals surface area contributed by atoms with Gasteiger partial charge in [0.1, 0.15) is 0 Å². The van der Waals surface area contributed by atoms with Gasteiger partial charge in [0.05, 0.1) is 12.2 Å². The van der Waals surface area contributed by atoms with Crippen LogP contribution in [0.2, 0.25) is 0 Å². The van der Waals surface area contributed by atoms with Crippen LogP contribution in [0.4, 0.5) is 8.78 Å². The van der Waals surface area contributed by atoms with E-state index in [4.69, 9.17) is 4.74 Å². The van der Waals surface area contributed by atoms with Crippen LogP contribution in [0.15, 0.2) is 12.2 Å². The third-order valence-electron chi connectivity index (χ3n) is 5.87. The molecule has 1 saturated carbocycles. The Kier molecular flexibility index (Phi) is 7.41. The molecule has 3 nitrogen and oxygen atoms in total. The molecule has 1 saturated heterocycles. The molecule has 0 bridgehead atoms. The topological polar surface area (TPSA) is 49.7 Å². The van der Waals surface area contributed by atoms with Gasteiger partial charge < -0.3 is 14.9 Å². The molecule has 1 aliphatic carbocycles. The van der Waals surface area contributed by atoms with E-state index < -0.39 is 23.9 Å². The number of alkyl halides is 2. The van der Waals surface area contributed by atoms with Gasteiger partial charge in [0.2, 0.25) is 5.79 Å². The molecule has 1 aliphatic heterocycles. The number of allylic oxidation sites excluding steroid dienone is 2. The normalized spacial score (nSPS) is 36.1. The minimum absolute atomic E-state index is 0.0386. The maximum atomic E-state index is 14.4. The number of aliphatic hydroxyl groups is 2. The molecule has 2 fully saturated rings. The predicted octanol–water partition coefficient (Wildman–Crippen LogP) is 4.81. The molecular formula is C20H34F2O3. The molecule has 5 heteroatoms. The zero-order chi connectivity index (χ0) is 18.5. The highest BCUT2D eigenvalue weighted by atomic mass is 19.3. The lowest BCUT2D eigenvalue weighted by molar-refractivity contribution is -0.356. The average molecular weight is 360 g/mol. The van der Waals surface area contributed by atoms with Crippen LogP contribution in [0.1, 0.15) is 78.1 Å². The largest absolute Gasteiger partial charge is 0.393 e. The maximum absolute atomic E-state index is 14.4. The van der Waals surface area contributed by atoms with Crippen molar-refractivity contribution in [1.29, 1.82) is 0 Å². The van der Waals surface area contributed by atoms with E-state index >= 15 is 0 Å². The molecular weight excluding hydrogens is 326 g/mol. The second kappa shape index (κ2) is 8.92. The molecule has 0 aromatic heterocycles. The average Bonchev–Trinajstić information content (AvgIpc) is 2.87. The number of unbranched alkanes of at least 4 members (excludes halogenated alkanes) is 3. The summed E-state index contributed by atoms with van der Waals surface area (Å²) in [5, 5.41) is 20.8. The van der Waals surface area contributed by atoms with E-state index in [9.17, 15) is 19.0 Å². The highest BCUT2D eigenvalue weighted by Gasteiger charge is 2.59. The Labute approximate surface area is 150 Å². The quantitative estimate of drug-likeness (QED) is 0.458. The van der Waals surface area contributed by atoms with Crippen molar-refractivity contribution in [2.45, 2.75) is 102 Å². The molecule has 1 heterocycles. The summed E-state index contributed by atoms with van der Waals surface area (Å²) >= 11 is 0. The van der Waals surface area contributed by atoms with Gasteiger partial charge >= 0.3 is 5.92 Å². The number of aliphatic hydroxyl groups excluding tert-OH is 1. The van der Waals surface area contributed by atoms with Crippen LogP contribution in [-0.2, 0) is 4.74 Å². The third kappa shape index (κ3) is 4.81. The highest BCUT2D eigenvalue weighted by Crippen LogP contribution is 2.50. The van der Waals surface area contributed by atoms with Crippen molar-refractivity contribution in [3.8, 4) is 0 Å². The summed E-state index contributed by atoms with van der Waals surface area (Å²) in [6.45, 7) is 4.00. The lowest BCUT2D eigenvalue weighted by Crippen LogP contribution is -2.55. The zero-order valence-corrected chi connectivity index (χ0v) is 15.6. The molecule has 0 aromatic rings. The minimum Gasteiger partial charge on any atom is -0.393 e. The highest BCUT2D eigenvalue weighted by molar-refractivity contribution is 5.01. The number of fused-ring (bicyclic) bond motifs is 1. The first-order valence-corrected chi connectivity index (χ1v) is 9.95. The molecule has 2 N–H and O–H groups in total. The fraction of sp³-hybridized carbons (Fsp3) is 0.900. The van der Waals surface area contributed by atoms with E-state index in [0.717, 1.165) is 25.7 Å². The van der Waals surface area contributed by atoms with Gasteiger partial charge in [-0.3, -0.25) is 0 Å². The molecule has 5 atom stereocenters. The molecule has 0 radical (unpaired) electrons. The Morgan fingerprint density at radius 1 is 1.20 bits per heavy atom. The second-order valence-corrected chi connectivity index (χ2v) is 7.77. The van der Waals surface area contributed by atoms with Crippen LogP contribution in [0.3, 0.4) is 0 Å². The Hall–Kier alpha value is -0.520. The fourth-order valence-electron chi connectivity index (χ4n) is 4.24. The Morgan fingerprint density at radius 2 is 1.92 bits per heavy atom. The van der Waals surface area contributed by atoms with Gasteiger partial charge in [0, 0.05) is 19.3 Å². The first kappa shape index (κ1) is 20.8. The van der Waals surface area contributed by atoms with Crippen molar-refractivity contribution in [3.63, 3.8) is 0 Å². The number of ether oxygens (including phenoxy) is 1. The van der Waals surface area contributed by atoms with Crippen LogP contribution < -0.4 is 0 Å². The van der Waals surface area contributed by atoms with E-state index in [1.807, 2.05) is 6.92 Å². The molecule has 2 unspecified atom stereocenters. The first-order chi connectivity index (χ1) is 11.8. The monoisotopic (exact) mass is 360 g/mol. The Balaban J connectivity index is 1.95. The summed E-state index contributed by atoms with van der Waals surface area (Å²) < 4.78 is 34.3. The van der Waals surface area contributed by atoms with E-state index in [1.54, 1.807) is 0 Å². The van der Waals surface area contributed by atoms with E-state index in [1.165, 1.54) is 0 Å². The molecule has 146 valence electrons. The maximum Gasteiger partial charge on any atom is 0.300 e. The van der Waals surface area contributed by atoms with Crippen molar-refractivity contribution < 1.29 is 23.7 Å². The zero-order valence-electron chi connectivity index (χ0n) is 15.6. The van der Waals surface area contributed by atoms with Gasteiger partial charge in [-0.15, -0.1) is 0 Å². The molecule has 0 aromatic carbocycles. The minimum atomic E-state index is -3.24. The fourth-order valence-corrected chi connectivity index (χ4v) is 4.24. The standard InChI is InChI=1S/C20H34F2O3/c1-3-5-7-8-9-10-15-16-11-13-20(24,19(21,22)12-6-4-2)25-18(16)14-17(15)23/h8-9,15-18,23-24H,3-7,10-14H2,1-2H3/b9-8-/t15-,16?,17+,18-,20?/m1/s1. The van der Waals surface area contributed by atoms with Crippen LogP contribution in [0.5, 0.6) is 0 Å². The van der Waals surface area contributed by atoms with E-state index in [2.05, 4.69) is 19.1 Å². The van der Waals surface area contributed by atoms with E-state index in [-0.39, 0.29) is 24.7 Å². The summed E-state index contributed by atoms with van der Waals surface area (Å²) in [5.41, 5.74) is 0. The summed E-state index contributed by atoms with van der Waals surface area (Å²) in [7, 11) is 0. The van der Waals surface area contributed by atoms with Crippen molar-refractivity contribution >= 4 is 0 Å². The number of hydrogen-bond acceptors (Lipinski definition) is 3. The van der Waals surface area contributed by atoms with Crippen LogP contribution in [0, 0.1) is 11.8 Å². The van der Waals surface area contributed by atoms with Gasteiger partial charge in [0.15, 0.2) is 0 Å². The summed E-state index contributed by atoms with van der Waals surface area (Å²) in [6.07, 6.45) is 8.72. The van der Waals surface area contributed by atoms with Gasteiger partial charge in [-0.2, -0.15) is 0 Å². The predicted molar refractivity (Wildman–Crippen MR) is 94.4 cm³/mol. The van der Waals surface area contributed by atoms with Gasteiger partial charge in [0.25, 0.3) is 0 Å². The van der Waals surface area contributed by atoms with Crippen molar-refractivity contribution in [2.24, 2.45) is 11.8 Å². The van der Waals surface area contributed by atoms with Gasteiger partial charge in [-0.1, -0.05) is 45.3 Å². The molecule has 0 spiro atoms.